The summed E-state index contributed by atoms with van der Waals surface area (Å²) < 4.78 is 0. The first-order valence-electron chi connectivity index (χ1n) is 6.23. The van der Waals surface area contributed by atoms with E-state index in [9.17, 15) is 9.59 Å². The van der Waals surface area contributed by atoms with Crippen LogP contribution in [0.2, 0.25) is 0 Å². The lowest BCUT2D eigenvalue weighted by atomic mass is 9.88. The van der Waals surface area contributed by atoms with E-state index in [1.807, 2.05) is 19.9 Å². The van der Waals surface area contributed by atoms with Crippen molar-refractivity contribution in [1.82, 2.24) is 20.6 Å². The molecule has 0 radical (unpaired) electrons. The number of nitrogens with one attached hydrogen (secondary N) is 3. The van der Waals surface area contributed by atoms with E-state index in [2.05, 4.69) is 27.2 Å². The number of carbonyl (C=O) groups is 2. The molecule has 1 rings (SSSR count). The van der Waals surface area contributed by atoms with E-state index < -0.39 is 0 Å². The molecule has 0 bridgehead atoms. The summed E-state index contributed by atoms with van der Waals surface area (Å²) >= 11 is 0. The van der Waals surface area contributed by atoms with E-state index in [0.29, 0.717) is 12.1 Å². The van der Waals surface area contributed by atoms with Crippen molar-refractivity contribution in [3.8, 4) is 0 Å². The Hall–Kier alpha value is -2.37. The molecule has 0 aliphatic rings. The maximum atomic E-state index is 11.5. The maximum absolute atomic E-state index is 11.5. The van der Waals surface area contributed by atoms with Crippen LogP contribution >= 0.6 is 0 Å². The molecule has 0 aliphatic heterocycles. The Morgan fingerprint density at radius 1 is 1.55 bits per heavy atom. The molecular weight excluding hydrogens is 256 g/mol. The highest BCUT2D eigenvalue weighted by Gasteiger charge is 2.21. The lowest BCUT2D eigenvalue weighted by Crippen LogP contribution is -2.32. The topological polar surface area (TPSA) is 86.9 Å². The van der Waals surface area contributed by atoms with Gasteiger partial charge in [-0.1, -0.05) is 19.9 Å². The van der Waals surface area contributed by atoms with Crippen LogP contribution in [0.3, 0.4) is 0 Å². The molecule has 0 saturated heterocycles. The maximum Gasteiger partial charge on any atom is 0.243 e. The van der Waals surface area contributed by atoms with Gasteiger partial charge >= 0.3 is 0 Å². The zero-order chi connectivity index (χ0) is 15.2. The van der Waals surface area contributed by atoms with Crippen molar-refractivity contribution in [1.29, 1.82) is 0 Å². The highest BCUT2D eigenvalue weighted by Crippen LogP contribution is 2.25. The molecule has 0 spiro atoms. The van der Waals surface area contributed by atoms with Gasteiger partial charge in [-0.25, -0.2) is 4.98 Å². The van der Waals surface area contributed by atoms with Crippen molar-refractivity contribution in [3.63, 3.8) is 0 Å². The second-order valence-electron chi connectivity index (χ2n) is 4.96. The third-order valence-electron chi connectivity index (χ3n) is 2.86. The van der Waals surface area contributed by atoms with E-state index in [4.69, 9.17) is 0 Å². The number of H-pyrrole nitrogens is 1. The monoisotopic (exact) mass is 276 g/mol. The van der Waals surface area contributed by atoms with E-state index in [1.54, 1.807) is 19.3 Å². The predicted octanol–water partition coefficient (Wildman–Crippen LogP) is 1.10. The first-order valence-corrected chi connectivity index (χ1v) is 6.23. The fourth-order valence-electron chi connectivity index (χ4n) is 1.67. The van der Waals surface area contributed by atoms with Gasteiger partial charge in [0, 0.05) is 11.1 Å². The number of rotatable bonds is 7. The average Bonchev–Trinajstić information content (AvgIpc) is 2.85. The van der Waals surface area contributed by atoms with Crippen molar-refractivity contribution >= 4 is 18.4 Å². The fourth-order valence-corrected chi connectivity index (χ4v) is 1.67. The number of aromatic amines is 1. The van der Waals surface area contributed by atoms with E-state index in [0.717, 1.165) is 11.4 Å². The zero-order valence-corrected chi connectivity index (χ0v) is 12.0. The minimum atomic E-state index is -0.286. The van der Waals surface area contributed by atoms with Crippen LogP contribution < -0.4 is 10.6 Å². The Morgan fingerprint density at radius 2 is 2.25 bits per heavy atom. The summed E-state index contributed by atoms with van der Waals surface area (Å²) in [6.07, 6.45) is 5.70. The molecule has 0 aromatic carbocycles. The van der Waals surface area contributed by atoms with Crippen molar-refractivity contribution in [2.75, 3.05) is 6.54 Å². The van der Waals surface area contributed by atoms with Crippen molar-refractivity contribution in [3.05, 3.63) is 36.1 Å². The van der Waals surface area contributed by atoms with Gasteiger partial charge in [0.1, 0.15) is 0 Å². The molecule has 6 nitrogen and oxygen atoms in total. The molecule has 0 saturated carbocycles. The lowest BCUT2D eigenvalue weighted by molar-refractivity contribution is -0.121. The lowest BCUT2D eigenvalue weighted by Gasteiger charge is -2.19. The molecule has 20 heavy (non-hydrogen) atoms. The Balaban J connectivity index is 2.84. The van der Waals surface area contributed by atoms with Gasteiger partial charge < -0.3 is 15.6 Å². The number of aromatic nitrogens is 2. The largest absolute Gasteiger partial charge is 0.350 e. The molecule has 0 fully saturated rings. The molecule has 1 heterocycles. The normalized spacial score (nSPS) is 11.8. The average molecular weight is 276 g/mol. The van der Waals surface area contributed by atoms with Crippen LogP contribution in [0.4, 0.5) is 0 Å². The van der Waals surface area contributed by atoms with Gasteiger partial charge in [-0.15, -0.1) is 6.58 Å². The van der Waals surface area contributed by atoms with Gasteiger partial charge in [0.05, 0.1) is 24.3 Å². The van der Waals surface area contributed by atoms with Gasteiger partial charge in [0.2, 0.25) is 12.3 Å². The molecule has 0 unspecified atom stereocenters. The van der Waals surface area contributed by atoms with Crippen molar-refractivity contribution < 1.29 is 9.59 Å². The summed E-state index contributed by atoms with van der Waals surface area (Å²) in [6, 6.07) is 0. The summed E-state index contributed by atoms with van der Waals surface area (Å²) in [4.78, 5) is 28.9. The highest BCUT2D eigenvalue weighted by molar-refractivity contribution is 5.82. The number of allylic oxidation sites excluding steroid dienone is 2. The predicted molar refractivity (Wildman–Crippen MR) is 77.7 cm³/mol. The fraction of sp³-hybridized carbons (Fsp3) is 0.357. The molecule has 6 heteroatoms. The Labute approximate surface area is 118 Å². The minimum Gasteiger partial charge on any atom is -0.350 e. The minimum absolute atomic E-state index is 0.0553. The second-order valence-corrected chi connectivity index (χ2v) is 4.96. The van der Waals surface area contributed by atoms with E-state index in [1.165, 1.54) is 0 Å². The van der Waals surface area contributed by atoms with Crippen molar-refractivity contribution in [2.45, 2.75) is 26.2 Å². The van der Waals surface area contributed by atoms with Crippen LogP contribution in [0.25, 0.3) is 6.08 Å². The van der Waals surface area contributed by atoms with Gasteiger partial charge in [-0.3, -0.25) is 9.59 Å². The molecular formula is C14H20N4O2. The molecule has 3 N–H and O–H groups in total. The number of imidazole rings is 1. The Morgan fingerprint density at radius 3 is 2.85 bits per heavy atom. The molecule has 1 aromatic heterocycles. The number of hydrogen-bond donors (Lipinski definition) is 3. The highest BCUT2D eigenvalue weighted by atomic mass is 16.2. The number of hydrogen-bond acceptors (Lipinski definition) is 3. The van der Waals surface area contributed by atoms with Crippen LogP contribution in [-0.2, 0) is 15.0 Å². The number of amides is 2. The van der Waals surface area contributed by atoms with Crippen LogP contribution in [-0.4, -0.2) is 28.8 Å². The Kier molecular flexibility index (Phi) is 5.25. The quantitative estimate of drug-likeness (QED) is 0.515. The summed E-state index contributed by atoms with van der Waals surface area (Å²) in [6.45, 7) is 9.56. The van der Waals surface area contributed by atoms with Gasteiger partial charge in [0.25, 0.3) is 0 Å². The SMILES string of the molecule is C=CC(C)(C)c1[nH]cnc1/C=C(/C)NC(=O)CNC=O. The third kappa shape index (κ3) is 4.08. The summed E-state index contributed by atoms with van der Waals surface area (Å²) in [5.41, 5.74) is 2.07. The molecule has 108 valence electrons. The van der Waals surface area contributed by atoms with Crippen LogP contribution in [0.1, 0.15) is 32.2 Å². The van der Waals surface area contributed by atoms with Gasteiger partial charge in [0.15, 0.2) is 0 Å². The van der Waals surface area contributed by atoms with E-state index >= 15 is 0 Å². The smallest absolute Gasteiger partial charge is 0.243 e. The molecule has 2 amide bonds. The number of nitrogens with zero attached hydrogens (tertiary/aromatic N) is 1. The van der Waals surface area contributed by atoms with Crippen LogP contribution in [0.15, 0.2) is 24.7 Å². The van der Waals surface area contributed by atoms with Gasteiger partial charge in [-0.05, 0) is 13.0 Å². The molecule has 0 aliphatic carbocycles. The number of carbonyl (C=O) groups excluding carboxylic acids is 2. The van der Waals surface area contributed by atoms with Gasteiger partial charge in [-0.2, -0.15) is 0 Å². The standard InChI is InChI=1S/C14H20N4O2/c1-5-14(3,4)13-11(16-8-17-13)6-10(2)18-12(20)7-15-9-19/h5-6,8-9H,1,7H2,2-4H3,(H,15,19)(H,16,17)(H,18,20)/b10-6-. The summed E-state index contributed by atoms with van der Waals surface area (Å²) in [5.74, 6) is -0.286. The third-order valence-corrected chi connectivity index (χ3v) is 2.86. The summed E-state index contributed by atoms with van der Waals surface area (Å²) in [5, 5.41) is 4.97. The van der Waals surface area contributed by atoms with Crippen molar-refractivity contribution in [2.24, 2.45) is 0 Å². The first-order chi connectivity index (χ1) is 9.40. The molecule has 0 atom stereocenters. The van der Waals surface area contributed by atoms with Crippen LogP contribution in [0.5, 0.6) is 0 Å². The van der Waals surface area contributed by atoms with E-state index in [-0.39, 0.29) is 17.9 Å². The molecule has 1 aromatic rings. The first kappa shape index (κ1) is 15.7. The van der Waals surface area contributed by atoms with Crippen LogP contribution in [0, 0.1) is 0 Å². The summed E-state index contributed by atoms with van der Waals surface area (Å²) in [7, 11) is 0. The second kappa shape index (κ2) is 6.70. The Bertz CT molecular complexity index is 529. The zero-order valence-electron chi connectivity index (χ0n) is 12.0.